The van der Waals surface area contributed by atoms with Gasteiger partial charge in [0.05, 0.1) is 12.7 Å². The van der Waals surface area contributed by atoms with Crippen molar-refractivity contribution in [1.29, 1.82) is 0 Å². The van der Waals surface area contributed by atoms with E-state index < -0.39 is 8.07 Å². The Morgan fingerprint density at radius 3 is 2.64 bits per heavy atom. The summed E-state index contributed by atoms with van der Waals surface area (Å²) in [5, 5.41) is 0. The van der Waals surface area contributed by atoms with Crippen LogP contribution < -0.4 is 0 Å². The van der Waals surface area contributed by atoms with E-state index in [0.717, 1.165) is 19.8 Å². The molecular formula is C11H24O2Si. The summed E-state index contributed by atoms with van der Waals surface area (Å²) in [6.07, 6.45) is 4.10. The molecule has 0 radical (unpaired) electrons. The van der Waals surface area contributed by atoms with Gasteiger partial charge in [-0.05, 0) is 25.3 Å². The van der Waals surface area contributed by atoms with Crippen molar-refractivity contribution >= 4 is 8.07 Å². The molecular weight excluding hydrogens is 192 g/mol. The molecule has 1 aliphatic rings. The number of rotatable bonds is 5. The van der Waals surface area contributed by atoms with E-state index in [0.29, 0.717) is 6.10 Å². The van der Waals surface area contributed by atoms with Crippen molar-refractivity contribution in [2.24, 2.45) is 0 Å². The molecule has 0 spiro atoms. The first-order valence-electron chi connectivity index (χ1n) is 5.77. The molecule has 1 unspecified atom stereocenters. The van der Waals surface area contributed by atoms with Crippen molar-refractivity contribution in [1.82, 2.24) is 0 Å². The number of hydrogen-bond acceptors (Lipinski definition) is 2. The first-order chi connectivity index (χ1) is 6.58. The summed E-state index contributed by atoms with van der Waals surface area (Å²) < 4.78 is 11.3. The van der Waals surface area contributed by atoms with Crippen LogP contribution in [0.15, 0.2) is 0 Å². The normalized spacial score (nSPS) is 23.8. The predicted molar refractivity (Wildman–Crippen MR) is 62.6 cm³/mol. The van der Waals surface area contributed by atoms with Crippen molar-refractivity contribution in [3.63, 3.8) is 0 Å². The lowest BCUT2D eigenvalue weighted by Crippen LogP contribution is -2.26. The second-order valence-corrected chi connectivity index (χ2v) is 11.0. The molecule has 0 N–H and O–H groups in total. The fourth-order valence-electron chi connectivity index (χ4n) is 1.53. The quantitative estimate of drug-likeness (QED) is 0.520. The molecule has 0 aliphatic carbocycles. The zero-order valence-electron chi connectivity index (χ0n) is 9.84. The minimum Gasteiger partial charge on any atom is -0.379 e. The summed E-state index contributed by atoms with van der Waals surface area (Å²) in [4.78, 5) is 0. The monoisotopic (exact) mass is 216 g/mol. The maximum Gasteiger partial charge on any atom is 0.0808 e. The van der Waals surface area contributed by atoms with E-state index in [2.05, 4.69) is 19.6 Å². The molecule has 84 valence electrons. The van der Waals surface area contributed by atoms with Crippen molar-refractivity contribution in [3.05, 3.63) is 0 Å². The third kappa shape index (κ3) is 5.78. The van der Waals surface area contributed by atoms with Crippen LogP contribution >= 0.6 is 0 Å². The van der Waals surface area contributed by atoms with E-state index in [9.17, 15) is 0 Å². The Hall–Kier alpha value is 0.137. The summed E-state index contributed by atoms with van der Waals surface area (Å²) >= 11 is 0. The van der Waals surface area contributed by atoms with Gasteiger partial charge < -0.3 is 9.47 Å². The van der Waals surface area contributed by atoms with E-state index in [4.69, 9.17) is 9.47 Å². The van der Waals surface area contributed by atoms with Gasteiger partial charge in [-0.2, -0.15) is 0 Å². The number of hydrogen-bond donors (Lipinski definition) is 0. The summed E-state index contributed by atoms with van der Waals surface area (Å²) in [7, 11) is -0.910. The zero-order chi connectivity index (χ0) is 10.4. The Kier molecular flexibility index (Phi) is 5.13. The van der Waals surface area contributed by atoms with Crippen molar-refractivity contribution in [3.8, 4) is 0 Å². The first-order valence-corrected chi connectivity index (χ1v) is 9.48. The molecule has 3 heteroatoms. The molecule has 2 nitrogen and oxygen atoms in total. The fraction of sp³-hybridized carbons (Fsp3) is 1.00. The third-order valence-corrected chi connectivity index (χ3v) is 4.28. The van der Waals surface area contributed by atoms with Crippen LogP contribution in [0.5, 0.6) is 0 Å². The molecule has 1 saturated heterocycles. The van der Waals surface area contributed by atoms with Gasteiger partial charge >= 0.3 is 0 Å². The van der Waals surface area contributed by atoms with E-state index >= 15 is 0 Å². The van der Waals surface area contributed by atoms with Gasteiger partial charge in [0.15, 0.2) is 0 Å². The van der Waals surface area contributed by atoms with Gasteiger partial charge in [-0.25, -0.2) is 0 Å². The second-order valence-electron chi connectivity index (χ2n) is 5.37. The topological polar surface area (TPSA) is 18.5 Å². The zero-order valence-corrected chi connectivity index (χ0v) is 10.8. The van der Waals surface area contributed by atoms with Gasteiger partial charge in [0.2, 0.25) is 0 Å². The van der Waals surface area contributed by atoms with Crippen LogP contribution in [-0.4, -0.2) is 34.0 Å². The van der Waals surface area contributed by atoms with Crippen LogP contribution in [0.2, 0.25) is 25.7 Å². The van der Waals surface area contributed by atoms with E-state index in [1.165, 1.54) is 25.3 Å². The maximum absolute atomic E-state index is 5.66. The van der Waals surface area contributed by atoms with Crippen molar-refractivity contribution in [2.75, 3.05) is 19.8 Å². The molecule has 0 aromatic carbocycles. The summed E-state index contributed by atoms with van der Waals surface area (Å²) in [6.45, 7) is 9.82. The molecule has 0 aromatic rings. The minimum atomic E-state index is -0.910. The molecule has 14 heavy (non-hydrogen) atoms. The van der Waals surface area contributed by atoms with Crippen LogP contribution in [0.1, 0.15) is 19.3 Å². The third-order valence-electron chi connectivity index (χ3n) is 2.57. The van der Waals surface area contributed by atoms with E-state index in [1.807, 2.05) is 0 Å². The van der Waals surface area contributed by atoms with Crippen LogP contribution in [0, 0.1) is 0 Å². The highest BCUT2D eigenvalue weighted by Gasteiger charge is 2.15. The Labute approximate surface area is 89.0 Å². The molecule has 1 atom stereocenters. The Bertz CT molecular complexity index is 148. The minimum absolute atomic E-state index is 0.380. The van der Waals surface area contributed by atoms with Gasteiger partial charge in [0.1, 0.15) is 0 Å². The second kappa shape index (κ2) is 5.88. The average molecular weight is 216 g/mol. The molecule has 1 heterocycles. The Balaban J connectivity index is 1.97. The maximum atomic E-state index is 5.66. The lowest BCUT2D eigenvalue weighted by Gasteiger charge is -2.23. The van der Waals surface area contributed by atoms with Crippen LogP contribution in [0.4, 0.5) is 0 Å². The molecule has 0 aromatic heterocycles. The van der Waals surface area contributed by atoms with Gasteiger partial charge in [-0.15, -0.1) is 0 Å². The van der Waals surface area contributed by atoms with Gasteiger partial charge in [-0.1, -0.05) is 19.6 Å². The summed E-state index contributed by atoms with van der Waals surface area (Å²) in [5.74, 6) is 0. The van der Waals surface area contributed by atoms with Crippen molar-refractivity contribution in [2.45, 2.75) is 51.1 Å². The lowest BCUT2D eigenvalue weighted by molar-refractivity contribution is -0.0382. The largest absolute Gasteiger partial charge is 0.379 e. The van der Waals surface area contributed by atoms with E-state index in [1.54, 1.807) is 0 Å². The van der Waals surface area contributed by atoms with Crippen LogP contribution in [-0.2, 0) is 9.47 Å². The molecule has 0 amide bonds. The SMILES string of the molecule is C[Si](C)(C)CCOCC1CCCCO1. The fourth-order valence-corrected chi connectivity index (χ4v) is 2.29. The highest BCUT2D eigenvalue weighted by Crippen LogP contribution is 2.13. The highest BCUT2D eigenvalue weighted by atomic mass is 28.3. The standard InChI is InChI=1S/C11H24O2Si/c1-14(2,3)9-8-12-10-11-6-4-5-7-13-11/h11H,4-10H2,1-3H3. The summed E-state index contributed by atoms with van der Waals surface area (Å²) in [6, 6.07) is 1.26. The number of ether oxygens (including phenoxy) is 2. The van der Waals surface area contributed by atoms with Crippen molar-refractivity contribution < 1.29 is 9.47 Å². The highest BCUT2D eigenvalue weighted by molar-refractivity contribution is 6.76. The Morgan fingerprint density at radius 2 is 2.07 bits per heavy atom. The lowest BCUT2D eigenvalue weighted by atomic mass is 10.1. The van der Waals surface area contributed by atoms with Crippen LogP contribution in [0.3, 0.4) is 0 Å². The smallest absolute Gasteiger partial charge is 0.0808 e. The summed E-state index contributed by atoms with van der Waals surface area (Å²) in [5.41, 5.74) is 0. The molecule has 1 aliphatic heterocycles. The molecule has 1 fully saturated rings. The van der Waals surface area contributed by atoms with Crippen LogP contribution in [0.25, 0.3) is 0 Å². The molecule has 0 bridgehead atoms. The Morgan fingerprint density at radius 1 is 1.29 bits per heavy atom. The first kappa shape index (κ1) is 12.2. The van der Waals surface area contributed by atoms with Gasteiger partial charge in [0.25, 0.3) is 0 Å². The predicted octanol–water partition coefficient (Wildman–Crippen LogP) is 2.91. The van der Waals surface area contributed by atoms with Gasteiger partial charge in [0, 0.05) is 21.3 Å². The molecule has 1 rings (SSSR count). The average Bonchev–Trinajstić information content (AvgIpc) is 2.13. The van der Waals surface area contributed by atoms with E-state index in [-0.39, 0.29) is 0 Å². The van der Waals surface area contributed by atoms with Gasteiger partial charge in [-0.3, -0.25) is 0 Å². The molecule has 0 saturated carbocycles.